The van der Waals surface area contributed by atoms with E-state index in [0.717, 1.165) is 0 Å². The van der Waals surface area contributed by atoms with Crippen molar-refractivity contribution in [2.45, 2.75) is 26.3 Å². The van der Waals surface area contributed by atoms with Crippen LogP contribution in [0.2, 0.25) is 0 Å². The molecule has 3 nitrogen and oxygen atoms in total. The van der Waals surface area contributed by atoms with Gasteiger partial charge in [-0.05, 0) is 33.0 Å². The maximum absolute atomic E-state index is 9.33. The van der Waals surface area contributed by atoms with Crippen molar-refractivity contribution in [1.82, 2.24) is 9.55 Å². The molecular formula is C7H12N2OS. The first-order valence-electron chi connectivity index (χ1n) is 3.43. The number of imidazole rings is 1. The maximum Gasteiger partial charge on any atom is 0.210 e. The van der Waals surface area contributed by atoms with Gasteiger partial charge in [0.25, 0.3) is 0 Å². The van der Waals surface area contributed by atoms with E-state index in [1.165, 1.54) is 6.20 Å². The van der Waals surface area contributed by atoms with Crippen LogP contribution in [0.1, 0.15) is 20.8 Å². The quantitative estimate of drug-likeness (QED) is 0.588. The van der Waals surface area contributed by atoms with Crippen LogP contribution in [0, 0.1) is 4.77 Å². The second-order valence-electron chi connectivity index (χ2n) is 3.46. The molecule has 0 radical (unpaired) electrons. The Morgan fingerprint density at radius 1 is 1.55 bits per heavy atom. The van der Waals surface area contributed by atoms with E-state index in [0.29, 0.717) is 4.77 Å². The number of aromatic amines is 1. The third kappa shape index (κ3) is 1.45. The highest BCUT2D eigenvalue weighted by Gasteiger charge is 2.16. The molecule has 62 valence electrons. The van der Waals surface area contributed by atoms with Crippen molar-refractivity contribution in [3.8, 4) is 5.88 Å². The maximum atomic E-state index is 9.33. The standard InChI is InChI=1S/C7H12N2OS/c1-7(2,3)9-5(10)4-8-6(9)11/h4,10H,1-3H3,(H,8,11). The molecule has 0 unspecified atom stereocenters. The van der Waals surface area contributed by atoms with Crippen molar-refractivity contribution in [3.05, 3.63) is 11.0 Å². The molecule has 0 aromatic carbocycles. The summed E-state index contributed by atoms with van der Waals surface area (Å²) >= 11 is 4.97. The van der Waals surface area contributed by atoms with Gasteiger partial charge in [-0.2, -0.15) is 0 Å². The summed E-state index contributed by atoms with van der Waals surface area (Å²) in [5, 5.41) is 9.33. The summed E-state index contributed by atoms with van der Waals surface area (Å²) < 4.78 is 2.22. The second-order valence-corrected chi connectivity index (χ2v) is 3.84. The molecule has 1 aromatic heterocycles. The lowest BCUT2D eigenvalue weighted by Crippen LogP contribution is -2.21. The molecule has 0 bridgehead atoms. The predicted molar refractivity (Wildman–Crippen MR) is 46.3 cm³/mol. The summed E-state index contributed by atoms with van der Waals surface area (Å²) in [5.74, 6) is 0.183. The van der Waals surface area contributed by atoms with E-state index in [1.807, 2.05) is 20.8 Å². The van der Waals surface area contributed by atoms with Crippen LogP contribution in [-0.2, 0) is 5.54 Å². The van der Waals surface area contributed by atoms with Crippen molar-refractivity contribution >= 4 is 12.2 Å². The number of hydrogen-bond acceptors (Lipinski definition) is 2. The lowest BCUT2D eigenvalue weighted by Gasteiger charge is -2.20. The van der Waals surface area contributed by atoms with Crippen LogP contribution in [0.15, 0.2) is 6.20 Å². The van der Waals surface area contributed by atoms with E-state index in [1.54, 1.807) is 4.57 Å². The Morgan fingerprint density at radius 3 is 2.27 bits per heavy atom. The number of hydrogen-bond donors (Lipinski definition) is 2. The molecule has 0 aliphatic rings. The summed E-state index contributed by atoms with van der Waals surface area (Å²) in [6, 6.07) is 0. The predicted octanol–water partition coefficient (Wildman–Crippen LogP) is 2.01. The van der Waals surface area contributed by atoms with Gasteiger partial charge in [-0.3, -0.25) is 4.57 Å². The van der Waals surface area contributed by atoms with E-state index in [-0.39, 0.29) is 11.4 Å². The van der Waals surface area contributed by atoms with Crippen LogP contribution in [0.4, 0.5) is 0 Å². The zero-order valence-corrected chi connectivity index (χ0v) is 7.70. The number of rotatable bonds is 0. The Bertz CT molecular complexity index is 305. The lowest BCUT2D eigenvalue weighted by molar-refractivity contribution is 0.323. The van der Waals surface area contributed by atoms with E-state index < -0.39 is 0 Å². The number of aromatic nitrogens is 2. The highest BCUT2D eigenvalue weighted by atomic mass is 32.1. The van der Waals surface area contributed by atoms with Crippen molar-refractivity contribution in [2.75, 3.05) is 0 Å². The van der Waals surface area contributed by atoms with Crippen molar-refractivity contribution < 1.29 is 5.11 Å². The van der Waals surface area contributed by atoms with Gasteiger partial charge in [-0.15, -0.1) is 0 Å². The second kappa shape index (κ2) is 2.37. The van der Waals surface area contributed by atoms with Crippen LogP contribution >= 0.6 is 12.2 Å². The van der Waals surface area contributed by atoms with E-state index in [2.05, 4.69) is 4.98 Å². The van der Waals surface area contributed by atoms with Crippen LogP contribution < -0.4 is 0 Å². The lowest BCUT2D eigenvalue weighted by atomic mass is 10.1. The van der Waals surface area contributed by atoms with Crippen LogP contribution in [0.25, 0.3) is 0 Å². The minimum atomic E-state index is -0.166. The largest absolute Gasteiger partial charge is 0.493 e. The van der Waals surface area contributed by atoms with Gasteiger partial charge >= 0.3 is 0 Å². The molecule has 2 N–H and O–H groups in total. The third-order valence-corrected chi connectivity index (χ3v) is 1.73. The smallest absolute Gasteiger partial charge is 0.210 e. The summed E-state index contributed by atoms with van der Waals surface area (Å²) in [6.07, 6.45) is 1.49. The Labute approximate surface area is 70.7 Å². The monoisotopic (exact) mass is 172 g/mol. The number of nitrogens with one attached hydrogen (secondary N) is 1. The molecule has 0 spiro atoms. The minimum Gasteiger partial charge on any atom is -0.493 e. The third-order valence-electron chi connectivity index (χ3n) is 1.43. The highest BCUT2D eigenvalue weighted by molar-refractivity contribution is 7.71. The normalized spacial score (nSPS) is 11.9. The zero-order valence-electron chi connectivity index (χ0n) is 6.88. The minimum absolute atomic E-state index is 0.166. The first kappa shape index (κ1) is 8.33. The van der Waals surface area contributed by atoms with Gasteiger partial charge in [0.1, 0.15) is 0 Å². The Hall–Kier alpha value is -0.770. The molecule has 0 aliphatic heterocycles. The Morgan fingerprint density at radius 2 is 2.09 bits per heavy atom. The van der Waals surface area contributed by atoms with Gasteiger partial charge in [0.15, 0.2) is 4.77 Å². The Balaban J connectivity index is 3.33. The molecule has 4 heteroatoms. The molecule has 0 fully saturated rings. The summed E-state index contributed by atoms with van der Waals surface area (Å²) in [5.41, 5.74) is -0.166. The molecule has 0 amide bonds. The van der Waals surface area contributed by atoms with Gasteiger partial charge in [-0.25, -0.2) is 0 Å². The van der Waals surface area contributed by atoms with Crippen LogP contribution in [-0.4, -0.2) is 14.7 Å². The SMILES string of the molecule is CC(C)(C)n1c(O)c[nH]c1=S. The number of nitrogens with zero attached hydrogens (tertiary/aromatic N) is 1. The number of H-pyrrole nitrogens is 1. The fourth-order valence-corrected chi connectivity index (χ4v) is 1.43. The molecular weight excluding hydrogens is 160 g/mol. The topological polar surface area (TPSA) is 41.0 Å². The highest BCUT2D eigenvalue weighted by Crippen LogP contribution is 2.21. The molecule has 0 atom stereocenters. The first-order chi connectivity index (χ1) is 4.93. The fraction of sp³-hybridized carbons (Fsp3) is 0.571. The van der Waals surface area contributed by atoms with Crippen molar-refractivity contribution in [3.63, 3.8) is 0 Å². The van der Waals surface area contributed by atoms with Gasteiger partial charge in [0.2, 0.25) is 5.88 Å². The molecule has 1 rings (SSSR count). The Kier molecular flexibility index (Phi) is 1.80. The van der Waals surface area contributed by atoms with Gasteiger partial charge in [-0.1, -0.05) is 0 Å². The van der Waals surface area contributed by atoms with E-state index >= 15 is 0 Å². The van der Waals surface area contributed by atoms with Crippen molar-refractivity contribution in [2.24, 2.45) is 0 Å². The molecule has 0 saturated carbocycles. The molecule has 11 heavy (non-hydrogen) atoms. The fourth-order valence-electron chi connectivity index (χ4n) is 1.01. The van der Waals surface area contributed by atoms with Gasteiger partial charge in [0.05, 0.1) is 6.20 Å². The summed E-state index contributed by atoms with van der Waals surface area (Å²) in [4.78, 5) is 2.77. The molecule has 1 heterocycles. The molecule has 1 aromatic rings. The van der Waals surface area contributed by atoms with Crippen LogP contribution in [0.3, 0.4) is 0 Å². The van der Waals surface area contributed by atoms with Gasteiger partial charge < -0.3 is 10.1 Å². The average molecular weight is 172 g/mol. The average Bonchev–Trinajstić information content (AvgIpc) is 2.08. The molecule has 0 saturated heterocycles. The zero-order chi connectivity index (χ0) is 8.65. The summed E-state index contributed by atoms with van der Waals surface area (Å²) in [6.45, 7) is 5.95. The van der Waals surface area contributed by atoms with Gasteiger partial charge in [0, 0.05) is 5.54 Å². The van der Waals surface area contributed by atoms with Crippen LogP contribution in [0.5, 0.6) is 5.88 Å². The summed E-state index contributed by atoms with van der Waals surface area (Å²) in [7, 11) is 0. The van der Waals surface area contributed by atoms with Crippen molar-refractivity contribution in [1.29, 1.82) is 0 Å². The number of aromatic hydroxyl groups is 1. The van der Waals surface area contributed by atoms with E-state index in [9.17, 15) is 5.11 Å². The van der Waals surface area contributed by atoms with E-state index in [4.69, 9.17) is 12.2 Å². The first-order valence-corrected chi connectivity index (χ1v) is 3.83. The molecule has 0 aliphatic carbocycles.